The molecule has 27 heavy (non-hydrogen) atoms. The number of carbonyl (C=O) groups is 2. The number of amides is 1. The maximum absolute atomic E-state index is 12.6. The molecule has 138 valence electrons. The smallest absolute Gasteiger partial charge is 0.279 e. The second-order valence-corrected chi connectivity index (χ2v) is 8.01. The number of nitrogens with one attached hydrogen (secondary N) is 2. The normalized spacial score (nSPS) is 19.3. The zero-order valence-corrected chi connectivity index (χ0v) is 16.0. The molecule has 0 saturated carbocycles. The van der Waals surface area contributed by atoms with Crippen molar-refractivity contribution in [1.82, 2.24) is 4.98 Å². The van der Waals surface area contributed by atoms with Crippen molar-refractivity contribution in [2.45, 2.75) is 25.8 Å². The number of hydrogen-bond acceptors (Lipinski definition) is 4. The molecule has 1 aliphatic rings. The highest BCUT2D eigenvalue weighted by molar-refractivity contribution is 7.18. The third-order valence-corrected chi connectivity index (χ3v) is 6.21. The average molecular weight is 380 g/mol. The summed E-state index contributed by atoms with van der Waals surface area (Å²) in [5.74, 6) is -0.113. The third kappa shape index (κ3) is 3.77. The van der Waals surface area contributed by atoms with Gasteiger partial charge in [0.15, 0.2) is 17.3 Å². The summed E-state index contributed by atoms with van der Waals surface area (Å²) in [6.07, 6.45) is 2.14. The van der Waals surface area contributed by atoms with E-state index in [1.54, 1.807) is 29.5 Å². The number of likely N-dealkylation sites (tertiary alicyclic amines) is 1. The molecule has 3 aromatic rings. The number of benzene rings is 2. The molecule has 1 aliphatic heterocycles. The van der Waals surface area contributed by atoms with Crippen LogP contribution in [-0.4, -0.2) is 29.8 Å². The molecule has 1 unspecified atom stereocenters. The first-order valence-corrected chi connectivity index (χ1v) is 10.0. The molecule has 1 aromatic heterocycles. The molecule has 5 nitrogen and oxygen atoms in total. The first kappa shape index (κ1) is 17.8. The largest absolute Gasteiger partial charge is 0.320 e. The molecular formula is C21H22N3O2S+. The molecular weight excluding hydrogens is 358 g/mol. The van der Waals surface area contributed by atoms with Gasteiger partial charge in [-0.2, -0.15) is 0 Å². The number of para-hydroxylation sites is 2. The second-order valence-electron chi connectivity index (χ2n) is 6.95. The molecule has 0 aliphatic carbocycles. The lowest BCUT2D eigenvalue weighted by Gasteiger charge is -2.19. The van der Waals surface area contributed by atoms with Gasteiger partial charge >= 0.3 is 0 Å². The van der Waals surface area contributed by atoms with Gasteiger partial charge in [-0.1, -0.05) is 24.3 Å². The van der Waals surface area contributed by atoms with E-state index >= 15 is 0 Å². The first-order chi connectivity index (χ1) is 13.1. The predicted octanol–water partition coefficient (Wildman–Crippen LogP) is 2.86. The van der Waals surface area contributed by atoms with Crippen LogP contribution in [0.1, 0.15) is 41.2 Å². The van der Waals surface area contributed by atoms with E-state index in [0.29, 0.717) is 17.8 Å². The molecule has 0 bridgehead atoms. The van der Waals surface area contributed by atoms with Gasteiger partial charge in [0.25, 0.3) is 5.91 Å². The van der Waals surface area contributed by atoms with E-state index in [1.165, 1.54) is 16.5 Å². The van der Waals surface area contributed by atoms with Gasteiger partial charge in [0.1, 0.15) is 6.04 Å². The number of carbonyl (C=O) groups excluding carboxylic acids is 2. The van der Waals surface area contributed by atoms with Crippen molar-refractivity contribution in [3.63, 3.8) is 0 Å². The highest BCUT2D eigenvalue weighted by atomic mass is 32.1. The first-order valence-electron chi connectivity index (χ1n) is 9.21. The maximum Gasteiger partial charge on any atom is 0.279 e. The Kier molecular flexibility index (Phi) is 5.01. The zero-order valence-electron chi connectivity index (χ0n) is 15.2. The minimum absolute atomic E-state index is 0.0493. The van der Waals surface area contributed by atoms with E-state index in [4.69, 9.17) is 4.98 Å². The number of rotatable bonds is 5. The molecule has 0 radical (unpaired) electrons. The van der Waals surface area contributed by atoms with Crippen molar-refractivity contribution >= 4 is 38.9 Å². The molecule has 1 fully saturated rings. The van der Waals surface area contributed by atoms with Crippen LogP contribution in [0.2, 0.25) is 0 Å². The number of anilines is 1. The van der Waals surface area contributed by atoms with Crippen LogP contribution in [-0.2, 0) is 4.79 Å². The Balaban J connectivity index is 1.48. The quantitative estimate of drug-likeness (QED) is 0.669. The zero-order chi connectivity index (χ0) is 18.8. The maximum atomic E-state index is 12.6. The van der Waals surface area contributed by atoms with E-state index in [0.717, 1.165) is 29.9 Å². The van der Waals surface area contributed by atoms with E-state index in [2.05, 4.69) is 11.4 Å². The number of thiazole rings is 1. The SMILES string of the molecule is CC(=O)c1ccccc1NC(=O)C[NH+]1CCC[C@@H]1c1nc2ccccc2s1. The van der Waals surface area contributed by atoms with Gasteiger partial charge in [0, 0.05) is 18.4 Å². The molecule has 2 heterocycles. The Hall–Kier alpha value is -2.57. The van der Waals surface area contributed by atoms with Crippen molar-refractivity contribution in [2.75, 3.05) is 18.4 Å². The van der Waals surface area contributed by atoms with E-state index in [1.807, 2.05) is 24.3 Å². The van der Waals surface area contributed by atoms with Gasteiger partial charge in [0.2, 0.25) is 0 Å². The predicted molar refractivity (Wildman–Crippen MR) is 107 cm³/mol. The summed E-state index contributed by atoms with van der Waals surface area (Å²) in [5, 5.41) is 4.03. The minimum Gasteiger partial charge on any atom is -0.320 e. The fourth-order valence-electron chi connectivity index (χ4n) is 3.76. The topological polar surface area (TPSA) is 63.5 Å². The summed E-state index contributed by atoms with van der Waals surface area (Å²) < 4.78 is 1.19. The molecule has 0 spiro atoms. The third-order valence-electron chi connectivity index (χ3n) is 5.06. The summed E-state index contributed by atoms with van der Waals surface area (Å²) in [6, 6.07) is 15.6. The lowest BCUT2D eigenvalue weighted by Crippen LogP contribution is -3.11. The molecule has 2 aromatic carbocycles. The number of aromatic nitrogens is 1. The highest BCUT2D eigenvalue weighted by Crippen LogP contribution is 2.28. The van der Waals surface area contributed by atoms with Crippen LogP contribution in [0.5, 0.6) is 0 Å². The van der Waals surface area contributed by atoms with Crippen LogP contribution in [0.3, 0.4) is 0 Å². The van der Waals surface area contributed by atoms with Crippen LogP contribution < -0.4 is 10.2 Å². The summed E-state index contributed by atoms with van der Waals surface area (Å²) >= 11 is 1.73. The highest BCUT2D eigenvalue weighted by Gasteiger charge is 2.34. The monoisotopic (exact) mass is 380 g/mol. The summed E-state index contributed by atoms with van der Waals surface area (Å²) in [7, 11) is 0. The van der Waals surface area contributed by atoms with E-state index in [-0.39, 0.29) is 17.7 Å². The fourth-order valence-corrected chi connectivity index (χ4v) is 4.92. The Morgan fingerprint density at radius 2 is 1.96 bits per heavy atom. The van der Waals surface area contributed by atoms with Gasteiger partial charge in [-0.05, 0) is 31.2 Å². The Morgan fingerprint density at radius 3 is 2.78 bits per heavy atom. The van der Waals surface area contributed by atoms with Crippen molar-refractivity contribution < 1.29 is 14.5 Å². The lowest BCUT2D eigenvalue weighted by molar-refractivity contribution is -0.910. The van der Waals surface area contributed by atoms with Gasteiger partial charge in [-0.25, -0.2) is 4.98 Å². The summed E-state index contributed by atoms with van der Waals surface area (Å²) in [6.45, 7) is 2.86. The van der Waals surface area contributed by atoms with Crippen molar-refractivity contribution in [1.29, 1.82) is 0 Å². The summed E-state index contributed by atoms with van der Waals surface area (Å²) in [4.78, 5) is 30.4. The van der Waals surface area contributed by atoms with Crippen LogP contribution in [0, 0.1) is 0 Å². The molecule has 4 rings (SSSR count). The molecule has 1 saturated heterocycles. The van der Waals surface area contributed by atoms with Gasteiger partial charge < -0.3 is 10.2 Å². The fraction of sp³-hybridized carbons (Fsp3) is 0.286. The van der Waals surface area contributed by atoms with Crippen LogP contribution in [0.15, 0.2) is 48.5 Å². The van der Waals surface area contributed by atoms with Crippen molar-refractivity contribution in [2.24, 2.45) is 0 Å². The van der Waals surface area contributed by atoms with Crippen LogP contribution in [0.25, 0.3) is 10.2 Å². The van der Waals surface area contributed by atoms with E-state index in [9.17, 15) is 9.59 Å². The van der Waals surface area contributed by atoms with Crippen molar-refractivity contribution in [3.8, 4) is 0 Å². The molecule has 2 N–H and O–H groups in total. The molecule has 1 amide bonds. The standard InChI is InChI=1S/C21H21N3O2S/c1-14(25)15-7-2-3-8-16(15)22-20(26)13-24-12-6-10-18(24)21-23-17-9-4-5-11-19(17)27-21/h2-5,7-9,11,18H,6,10,12-13H2,1H3,(H,22,26)/p+1/t18-/m1/s1. The van der Waals surface area contributed by atoms with Gasteiger partial charge in [0.05, 0.1) is 22.4 Å². The molecule has 6 heteroatoms. The van der Waals surface area contributed by atoms with E-state index < -0.39 is 0 Å². The van der Waals surface area contributed by atoms with Crippen LogP contribution in [0.4, 0.5) is 5.69 Å². The molecule has 2 atom stereocenters. The van der Waals surface area contributed by atoms with Gasteiger partial charge in [-0.15, -0.1) is 11.3 Å². The Labute approximate surface area is 162 Å². The number of ketones is 1. The number of fused-ring (bicyclic) bond motifs is 1. The average Bonchev–Trinajstić information content (AvgIpc) is 3.28. The number of quaternary nitrogens is 1. The van der Waals surface area contributed by atoms with Crippen molar-refractivity contribution in [3.05, 3.63) is 59.1 Å². The summed E-state index contributed by atoms with van der Waals surface area (Å²) in [5.41, 5.74) is 2.17. The second kappa shape index (κ2) is 7.58. The number of nitrogens with zero attached hydrogens (tertiary/aromatic N) is 1. The Morgan fingerprint density at radius 1 is 1.19 bits per heavy atom. The van der Waals surface area contributed by atoms with Gasteiger partial charge in [-0.3, -0.25) is 9.59 Å². The Bertz CT molecular complexity index is 965. The van der Waals surface area contributed by atoms with Crippen LogP contribution >= 0.6 is 11.3 Å². The number of Topliss-reactive ketones (excluding diaryl/α,β-unsaturated/α-hetero) is 1. The lowest BCUT2D eigenvalue weighted by atomic mass is 10.1. The minimum atomic E-state index is -0.0632. The number of hydrogen-bond donors (Lipinski definition) is 2.